The first-order valence-electron chi connectivity index (χ1n) is 12.5. The molecule has 0 aliphatic heterocycles. The molecule has 36 heavy (non-hydrogen) atoms. The topological polar surface area (TPSA) is 0 Å². The first-order valence-corrected chi connectivity index (χ1v) is 13.3. The van der Waals surface area contributed by atoms with Crippen LogP contribution in [0.15, 0.2) is 84.9 Å². The summed E-state index contributed by atoms with van der Waals surface area (Å²) in [5.41, 5.74) is 7.33. The van der Waals surface area contributed by atoms with Crippen molar-refractivity contribution >= 4 is 44.7 Å². The van der Waals surface area contributed by atoms with Crippen molar-refractivity contribution in [3.63, 3.8) is 0 Å². The highest BCUT2D eigenvalue weighted by atomic mass is 35.5. The van der Waals surface area contributed by atoms with Gasteiger partial charge in [0.1, 0.15) is 0 Å². The maximum absolute atomic E-state index is 6.97. The van der Waals surface area contributed by atoms with E-state index >= 15 is 0 Å². The van der Waals surface area contributed by atoms with Crippen LogP contribution in [0, 0.1) is 0 Å². The van der Waals surface area contributed by atoms with Crippen LogP contribution >= 0.6 is 23.2 Å². The van der Waals surface area contributed by atoms with Gasteiger partial charge in [0.2, 0.25) is 0 Å². The molecule has 0 nitrogen and oxygen atoms in total. The predicted molar refractivity (Wildman–Crippen MR) is 160 cm³/mol. The molecule has 0 atom stereocenters. The van der Waals surface area contributed by atoms with Crippen LogP contribution < -0.4 is 0 Å². The summed E-state index contributed by atoms with van der Waals surface area (Å²) in [6.45, 7) is 13.4. The third-order valence-electron chi connectivity index (χ3n) is 7.15. The Morgan fingerprint density at radius 2 is 0.778 bits per heavy atom. The molecule has 0 N–H and O–H groups in total. The van der Waals surface area contributed by atoms with Gasteiger partial charge in [0.15, 0.2) is 0 Å². The van der Waals surface area contributed by atoms with Crippen LogP contribution in [0.1, 0.15) is 52.7 Å². The van der Waals surface area contributed by atoms with Crippen molar-refractivity contribution in [3.05, 3.63) is 106 Å². The van der Waals surface area contributed by atoms with E-state index in [-0.39, 0.29) is 10.8 Å². The van der Waals surface area contributed by atoms with E-state index in [1.165, 1.54) is 11.1 Å². The Bertz CT molecular complexity index is 1450. The van der Waals surface area contributed by atoms with Gasteiger partial charge in [0.25, 0.3) is 0 Å². The number of hydrogen-bond donors (Lipinski definition) is 0. The molecular weight excluding hydrogens is 479 g/mol. The molecule has 0 aliphatic rings. The van der Waals surface area contributed by atoms with Crippen molar-refractivity contribution in [3.8, 4) is 22.3 Å². The highest BCUT2D eigenvalue weighted by Crippen LogP contribution is 2.48. The Balaban J connectivity index is 1.89. The number of halogens is 2. The summed E-state index contributed by atoms with van der Waals surface area (Å²) >= 11 is 13.9. The average Bonchev–Trinajstić information content (AvgIpc) is 2.82. The smallest absolute Gasteiger partial charge is 0.0491 e. The number of hydrogen-bond acceptors (Lipinski definition) is 0. The molecule has 0 heterocycles. The van der Waals surface area contributed by atoms with E-state index in [4.69, 9.17) is 23.2 Å². The van der Waals surface area contributed by atoms with Gasteiger partial charge in [0, 0.05) is 20.8 Å². The van der Waals surface area contributed by atoms with Crippen molar-refractivity contribution in [1.82, 2.24) is 0 Å². The molecule has 0 fully saturated rings. The highest BCUT2D eigenvalue weighted by Gasteiger charge is 2.22. The van der Waals surface area contributed by atoms with E-state index in [1.807, 2.05) is 24.3 Å². The number of rotatable bonds is 2. The van der Waals surface area contributed by atoms with Crippen molar-refractivity contribution in [2.45, 2.75) is 52.4 Å². The van der Waals surface area contributed by atoms with Gasteiger partial charge in [-0.2, -0.15) is 0 Å². The second-order valence-electron chi connectivity index (χ2n) is 11.7. The Morgan fingerprint density at radius 3 is 1.08 bits per heavy atom. The molecule has 2 heteroatoms. The molecule has 5 aromatic rings. The molecule has 0 saturated heterocycles. The third-order valence-corrected chi connectivity index (χ3v) is 7.78. The zero-order chi connectivity index (χ0) is 25.8. The Morgan fingerprint density at radius 1 is 0.444 bits per heavy atom. The Labute approximate surface area is 224 Å². The van der Waals surface area contributed by atoms with E-state index in [0.717, 1.165) is 53.8 Å². The van der Waals surface area contributed by atoms with Gasteiger partial charge in [-0.05, 0) is 67.1 Å². The monoisotopic (exact) mass is 510 g/mol. The summed E-state index contributed by atoms with van der Waals surface area (Å²) in [6, 6.07) is 30.2. The first-order chi connectivity index (χ1) is 17.0. The summed E-state index contributed by atoms with van der Waals surface area (Å²) in [7, 11) is 0. The van der Waals surface area contributed by atoms with Gasteiger partial charge in [-0.3, -0.25) is 0 Å². The number of fused-ring (bicyclic) bond motifs is 2. The summed E-state index contributed by atoms with van der Waals surface area (Å²) in [5.74, 6) is 0. The average molecular weight is 512 g/mol. The lowest BCUT2D eigenvalue weighted by Gasteiger charge is -2.22. The lowest BCUT2D eigenvalue weighted by molar-refractivity contribution is 0.590. The van der Waals surface area contributed by atoms with Gasteiger partial charge in [-0.1, -0.05) is 138 Å². The highest BCUT2D eigenvalue weighted by molar-refractivity contribution is 6.42. The zero-order valence-corrected chi connectivity index (χ0v) is 23.4. The van der Waals surface area contributed by atoms with E-state index in [0.29, 0.717) is 0 Å². The molecule has 0 aromatic heterocycles. The maximum atomic E-state index is 6.97. The quantitative estimate of drug-likeness (QED) is 0.207. The zero-order valence-electron chi connectivity index (χ0n) is 21.8. The van der Waals surface area contributed by atoms with Gasteiger partial charge in [-0.15, -0.1) is 0 Å². The lowest BCUT2D eigenvalue weighted by Crippen LogP contribution is -2.10. The second-order valence-corrected chi connectivity index (χ2v) is 12.5. The van der Waals surface area contributed by atoms with Crippen molar-refractivity contribution in [2.75, 3.05) is 0 Å². The minimum absolute atomic E-state index is 0.0900. The molecular formula is C34H32Cl2. The van der Waals surface area contributed by atoms with E-state index in [1.54, 1.807) is 0 Å². The molecule has 0 amide bonds. The van der Waals surface area contributed by atoms with Crippen molar-refractivity contribution < 1.29 is 0 Å². The summed E-state index contributed by atoms with van der Waals surface area (Å²) < 4.78 is 0. The maximum Gasteiger partial charge on any atom is 0.0491 e. The molecule has 0 aliphatic carbocycles. The third kappa shape index (κ3) is 4.32. The van der Waals surface area contributed by atoms with Crippen LogP contribution in [0.3, 0.4) is 0 Å². The van der Waals surface area contributed by atoms with Crippen LogP contribution in [0.2, 0.25) is 10.0 Å². The molecule has 0 spiro atoms. The molecule has 0 radical (unpaired) electrons. The van der Waals surface area contributed by atoms with Crippen molar-refractivity contribution in [1.29, 1.82) is 0 Å². The summed E-state index contributed by atoms with van der Waals surface area (Å²) in [4.78, 5) is 0. The Hall–Kier alpha value is -2.80. The van der Waals surface area contributed by atoms with E-state index in [2.05, 4.69) is 102 Å². The fourth-order valence-corrected chi connectivity index (χ4v) is 5.65. The summed E-state index contributed by atoms with van der Waals surface area (Å²) in [5, 5.41) is 5.84. The minimum Gasteiger partial charge on any atom is -0.0836 e. The van der Waals surface area contributed by atoms with Gasteiger partial charge in [0.05, 0.1) is 0 Å². The Kier molecular flexibility index (Phi) is 6.18. The normalized spacial score (nSPS) is 12.4. The molecule has 182 valence electrons. The van der Waals surface area contributed by atoms with Crippen LogP contribution in [-0.2, 0) is 10.8 Å². The van der Waals surface area contributed by atoms with Gasteiger partial charge < -0.3 is 0 Å². The molecule has 5 aromatic carbocycles. The minimum atomic E-state index is 0.0900. The first kappa shape index (κ1) is 24.9. The van der Waals surface area contributed by atoms with Gasteiger partial charge in [-0.25, -0.2) is 0 Å². The molecule has 0 bridgehead atoms. The van der Waals surface area contributed by atoms with Gasteiger partial charge >= 0.3 is 0 Å². The van der Waals surface area contributed by atoms with Crippen LogP contribution in [-0.4, -0.2) is 0 Å². The standard InChI is InChI=1S/C34H32Cl2/c1-33(2,3)23-17-13-21(14-18-23)29-25-9-7-12-28(36)32(25)30(26-10-8-11-27(35)31(26)29)22-15-19-24(20-16-22)34(4,5)6/h7-20H,1-6H3. The number of benzene rings is 5. The molecule has 0 unspecified atom stereocenters. The SMILES string of the molecule is CC(C)(C)c1ccc(-c2c3cccc(Cl)c3c(-c3ccc(C(C)(C)C)cc3)c3cccc(Cl)c23)cc1. The summed E-state index contributed by atoms with van der Waals surface area (Å²) in [6.07, 6.45) is 0. The largest absolute Gasteiger partial charge is 0.0836 e. The van der Waals surface area contributed by atoms with Crippen molar-refractivity contribution in [2.24, 2.45) is 0 Å². The fourth-order valence-electron chi connectivity index (χ4n) is 5.12. The molecule has 0 saturated carbocycles. The predicted octanol–water partition coefficient (Wildman–Crippen LogP) is 11.2. The fraction of sp³-hybridized carbons (Fsp3) is 0.235. The molecule has 5 rings (SSSR count). The van der Waals surface area contributed by atoms with E-state index in [9.17, 15) is 0 Å². The van der Waals surface area contributed by atoms with E-state index < -0.39 is 0 Å². The van der Waals surface area contributed by atoms with Crippen LogP contribution in [0.25, 0.3) is 43.8 Å². The van der Waals surface area contributed by atoms with Crippen LogP contribution in [0.4, 0.5) is 0 Å². The second kappa shape index (κ2) is 8.94. The van der Waals surface area contributed by atoms with Crippen LogP contribution in [0.5, 0.6) is 0 Å². The lowest BCUT2D eigenvalue weighted by atomic mass is 9.82.